The van der Waals surface area contributed by atoms with Crippen molar-refractivity contribution in [1.29, 1.82) is 0 Å². The van der Waals surface area contributed by atoms with Crippen LogP contribution in [-0.2, 0) is 11.3 Å². The molecule has 154 valence electrons. The molecule has 0 spiro atoms. The summed E-state index contributed by atoms with van der Waals surface area (Å²) in [6.45, 7) is 1.65. The zero-order valence-corrected chi connectivity index (χ0v) is 17.0. The van der Waals surface area contributed by atoms with Gasteiger partial charge in [-0.15, -0.1) is 0 Å². The zero-order chi connectivity index (χ0) is 20.7. The van der Waals surface area contributed by atoms with Crippen LogP contribution in [-0.4, -0.2) is 40.1 Å². The number of ether oxygens (including phenoxy) is 2. The molecule has 0 radical (unpaired) electrons. The maximum atomic E-state index is 13.1. The minimum absolute atomic E-state index is 0.0492. The molecule has 5 rings (SSSR count). The molecule has 3 aromatic rings. The first-order valence-corrected chi connectivity index (χ1v) is 10.3. The molecule has 2 aliphatic rings. The van der Waals surface area contributed by atoms with Crippen LogP contribution in [0, 0.1) is 0 Å². The summed E-state index contributed by atoms with van der Waals surface area (Å²) in [5.74, 6) is 1.33. The molecule has 0 bridgehead atoms. The Kier molecular flexibility index (Phi) is 4.83. The number of nitrogens with zero attached hydrogens (tertiary/aromatic N) is 3. The van der Waals surface area contributed by atoms with Crippen LogP contribution in [0.25, 0.3) is 10.9 Å². The Balaban J connectivity index is 1.40. The second kappa shape index (κ2) is 7.65. The summed E-state index contributed by atoms with van der Waals surface area (Å²) >= 11 is 6.02. The Hall–Kier alpha value is -3.06. The van der Waals surface area contributed by atoms with Gasteiger partial charge in [0.1, 0.15) is 19.8 Å². The van der Waals surface area contributed by atoms with Gasteiger partial charge >= 0.3 is 0 Å². The molecule has 1 unspecified atom stereocenters. The van der Waals surface area contributed by atoms with Gasteiger partial charge in [0, 0.05) is 11.6 Å². The van der Waals surface area contributed by atoms with Crippen LogP contribution in [0.1, 0.15) is 24.4 Å². The number of rotatable bonds is 3. The fraction of sp³-hybridized carbons (Fsp3) is 0.318. The monoisotopic (exact) mass is 425 g/mol. The summed E-state index contributed by atoms with van der Waals surface area (Å²) in [5, 5.41) is 0.867. The highest BCUT2D eigenvalue weighted by Crippen LogP contribution is 2.38. The number of carbonyl (C=O) groups excluding carboxylic acids is 1. The molecule has 1 saturated heterocycles. The Morgan fingerprint density at radius 1 is 1.13 bits per heavy atom. The van der Waals surface area contributed by atoms with Gasteiger partial charge in [-0.05, 0) is 48.7 Å². The van der Waals surface area contributed by atoms with Gasteiger partial charge in [-0.3, -0.25) is 14.2 Å². The minimum Gasteiger partial charge on any atom is -0.486 e. The Labute approximate surface area is 177 Å². The molecule has 0 saturated carbocycles. The number of carbonyl (C=O) groups is 1. The summed E-state index contributed by atoms with van der Waals surface area (Å²) in [6.07, 6.45) is 3.20. The number of amides is 1. The van der Waals surface area contributed by atoms with Crippen molar-refractivity contribution in [3.63, 3.8) is 0 Å². The SMILES string of the molecule is O=C(Cn1cnc2ccc(Cl)cc2c1=O)N1CCCC1c1ccc2c(c1)OCCO2. The summed E-state index contributed by atoms with van der Waals surface area (Å²) in [5.41, 5.74) is 1.30. The van der Waals surface area contributed by atoms with Gasteiger partial charge in [0.25, 0.3) is 5.56 Å². The van der Waals surface area contributed by atoms with E-state index in [1.807, 2.05) is 23.1 Å². The third kappa shape index (κ3) is 3.39. The number of halogens is 1. The van der Waals surface area contributed by atoms with E-state index in [4.69, 9.17) is 21.1 Å². The van der Waals surface area contributed by atoms with Gasteiger partial charge < -0.3 is 14.4 Å². The Bertz CT molecular complexity index is 1190. The van der Waals surface area contributed by atoms with Crippen LogP contribution in [0.3, 0.4) is 0 Å². The van der Waals surface area contributed by atoms with Crippen LogP contribution in [0.4, 0.5) is 0 Å². The molecule has 2 aromatic carbocycles. The lowest BCUT2D eigenvalue weighted by Crippen LogP contribution is -2.36. The van der Waals surface area contributed by atoms with Crippen LogP contribution in [0.15, 0.2) is 47.5 Å². The highest BCUT2D eigenvalue weighted by atomic mass is 35.5. The number of benzene rings is 2. The predicted octanol–water partition coefficient (Wildman–Crippen LogP) is 3.18. The lowest BCUT2D eigenvalue weighted by molar-refractivity contribution is -0.132. The van der Waals surface area contributed by atoms with Crippen molar-refractivity contribution in [2.45, 2.75) is 25.4 Å². The smallest absolute Gasteiger partial charge is 0.261 e. The first-order chi connectivity index (χ1) is 14.6. The standard InChI is InChI=1S/C22H20ClN3O4/c23-15-4-5-17-16(11-15)22(28)25(13-24-17)12-21(27)26-7-1-2-18(26)14-3-6-19-20(10-14)30-9-8-29-19/h3-6,10-11,13,18H,1-2,7-9,12H2. The third-order valence-corrected chi connectivity index (χ3v) is 5.85. The maximum Gasteiger partial charge on any atom is 0.261 e. The van der Waals surface area contributed by atoms with E-state index in [-0.39, 0.29) is 24.1 Å². The van der Waals surface area contributed by atoms with Crippen molar-refractivity contribution in [2.24, 2.45) is 0 Å². The lowest BCUT2D eigenvalue weighted by Gasteiger charge is -2.27. The van der Waals surface area contributed by atoms with E-state index in [1.54, 1.807) is 18.2 Å². The second-order valence-electron chi connectivity index (χ2n) is 7.49. The number of aromatic nitrogens is 2. The average molecular weight is 426 g/mol. The van der Waals surface area contributed by atoms with Crippen molar-refractivity contribution in [3.8, 4) is 11.5 Å². The quantitative estimate of drug-likeness (QED) is 0.644. The summed E-state index contributed by atoms with van der Waals surface area (Å²) in [7, 11) is 0. The van der Waals surface area contributed by atoms with Crippen molar-refractivity contribution in [1.82, 2.24) is 14.5 Å². The van der Waals surface area contributed by atoms with Crippen LogP contribution < -0.4 is 15.0 Å². The Morgan fingerprint density at radius 3 is 2.83 bits per heavy atom. The van der Waals surface area contributed by atoms with Gasteiger partial charge in [-0.1, -0.05) is 17.7 Å². The summed E-state index contributed by atoms with van der Waals surface area (Å²) < 4.78 is 12.6. The van der Waals surface area contributed by atoms with Gasteiger partial charge in [0.05, 0.1) is 23.3 Å². The van der Waals surface area contributed by atoms with E-state index in [0.717, 1.165) is 24.2 Å². The fourth-order valence-electron chi connectivity index (χ4n) is 4.16. The fourth-order valence-corrected chi connectivity index (χ4v) is 4.33. The predicted molar refractivity (Wildman–Crippen MR) is 112 cm³/mol. The molecule has 1 atom stereocenters. The second-order valence-corrected chi connectivity index (χ2v) is 7.92. The van der Waals surface area contributed by atoms with Crippen LogP contribution >= 0.6 is 11.6 Å². The molecule has 7 nitrogen and oxygen atoms in total. The van der Waals surface area contributed by atoms with E-state index >= 15 is 0 Å². The van der Waals surface area contributed by atoms with E-state index in [2.05, 4.69) is 4.98 Å². The van der Waals surface area contributed by atoms with E-state index in [0.29, 0.717) is 41.4 Å². The molecule has 0 aliphatic carbocycles. The largest absolute Gasteiger partial charge is 0.486 e. The van der Waals surface area contributed by atoms with Crippen molar-refractivity contribution >= 4 is 28.4 Å². The van der Waals surface area contributed by atoms with E-state index in [9.17, 15) is 9.59 Å². The first-order valence-electron chi connectivity index (χ1n) is 9.94. The zero-order valence-electron chi connectivity index (χ0n) is 16.2. The van der Waals surface area contributed by atoms with Crippen molar-refractivity contribution in [3.05, 3.63) is 63.7 Å². The molecule has 1 aromatic heterocycles. The average Bonchev–Trinajstić information content (AvgIpc) is 3.26. The van der Waals surface area contributed by atoms with E-state index < -0.39 is 0 Å². The van der Waals surface area contributed by atoms with E-state index in [1.165, 1.54) is 10.9 Å². The maximum absolute atomic E-state index is 13.1. The minimum atomic E-state index is -0.272. The van der Waals surface area contributed by atoms with Crippen molar-refractivity contribution in [2.75, 3.05) is 19.8 Å². The molecule has 30 heavy (non-hydrogen) atoms. The normalized spacial score (nSPS) is 18.0. The molecule has 1 amide bonds. The van der Waals surface area contributed by atoms with Gasteiger partial charge in [0.15, 0.2) is 11.5 Å². The highest BCUT2D eigenvalue weighted by molar-refractivity contribution is 6.31. The molecule has 8 heteroatoms. The lowest BCUT2D eigenvalue weighted by atomic mass is 10.0. The summed E-state index contributed by atoms with van der Waals surface area (Å²) in [6, 6.07) is 10.8. The van der Waals surface area contributed by atoms with Crippen molar-refractivity contribution < 1.29 is 14.3 Å². The third-order valence-electron chi connectivity index (χ3n) is 5.62. The van der Waals surface area contributed by atoms with Crippen LogP contribution in [0.2, 0.25) is 5.02 Å². The van der Waals surface area contributed by atoms with Gasteiger partial charge in [-0.2, -0.15) is 0 Å². The molecular formula is C22H20ClN3O4. The highest BCUT2D eigenvalue weighted by Gasteiger charge is 2.31. The Morgan fingerprint density at radius 2 is 1.97 bits per heavy atom. The first kappa shape index (κ1) is 18.9. The van der Waals surface area contributed by atoms with Gasteiger partial charge in [0.2, 0.25) is 5.91 Å². The summed E-state index contributed by atoms with van der Waals surface area (Å²) in [4.78, 5) is 32.0. The van der Waals surface area contributed by atoms with Gasteiger partial charge in [-0.25, -0.2) is 4.98 Å². The molecular weight excluding hydrogens is 406 g/mol. The molecule has 3 heterocycles. The topological polar surface area (TPSA) is 73.7 Å². The molecule has 0 N–H and O–H groups in total. The number of fused-ring (bicyclic) bond motifs is 2. The number of hydrogen-bond acceptors (Lipinski definition) is 5. The van der Waals surface area contributed by atoms with Crippen LogP contribution in [0.5, 0.6) is 11.5 Å². The number of likely N-dealkylation sites (tertiary alicyclic amines) is 1. The molecule has 2 aliphatic heterocycles. The number of hydrogen-bond donors (Lipinski definition) is 0. The molecule has 1 fully saturated rings.